The summed E-state index contributed by atoms with van der Waals surface area (Å²) in [4.78, 5) is 2.47. The van der Waals surface area contributed by atoms with E-state index in [1.807, 2.05) is 7.05 Å². The minimum Gasteiger partial charge on any atom is -0.493 e. The molecular weight excluding hydrogens is 268 g/mol. The zero-order valence-corrected chi connectivity index (χ0v) is 13.4. The molecule has 1 aromatic carbocycles. The molecule has 118 valence electrons. The molecule has 0 aliphatic carbocycles. The van der Waals surface area contributed by atoms with Gasteiger partial charge in [0.25, 0.3) is 0 Å². The number of hydrogen-bond acceptors (Lipinski definition) is 5. The molecule has 0 spiro atoms. The summed E-state index contributed by atoms with van der Waals surface area (Å²) in [5.41, 5.74) is 2.67. The molecule has 21 heavy (non-hydrogen) atoms. The number of likely N-dealkylation sites (N-methyl/N-ethyl adjacent to an activating group) is 1. The lowest BCUT2D eigenvalue weighted by molar-refractivity contribution is 0.0817. The van der Waals surface area contributed by atoms with Crippen LogP contribution < -0.4 is 14.8 Å². The molecule has 1 heterocycles. The van der Waals surface area contributed by atoms with Crippen LogP contribution in [0.1, 0.15) is 11.1 Å². The van der Waals surface area contributed by atoms with E-state index in [0.29, 0.717) is 6.04 Å². The first-order valence-electron chi connectivity index (χ1n) is 7.34. The number of fused-ring (bicyclic) bond motifs is 1. The van der Waals surface area contributed by atoms with Crippen molar-refractivity contribution in [3.63, 3.8) is 0 Å². The molecule has 1 atom stereocenters. The average molecular weight is 294 g/mol. The lowest BCUT2D eigenvalue weighted by Gasteiger charge is -2.35. The quantitative estimate of drug-likeness (QED) is 0.821. The zero-order chi connectivity index (χ0) is 15.2. The summed E-state index contributed by atoms with van der Waals surface area (Å²) in [5.74, 6) is 1.61. The molecule has 5 heteroatoms. The van der Waals surface area contributed by atoms with E-state index >= 15 is 0 Å². The molecule has 1 aromatic rings. The fraction of sp³-hybridized carbons (Fsp3) is 0.625. The summed E-state index contributed by atoms with van der Waals surface area (Å²) in [7, 11) is 7.10. The first kappa shape index (κ1) is 16.1. The molecule has 0 saturated heterocycles. The number of hydrogen-bond donors (Lipinski definition) is 1. The summed E-state index contributed by atoms with van der Waals surface area (Å²) in [6.45, 7) is 3.63. The Kier molecular flexibility index (Phi) is 5.85. The van der Waals surface area contributed by atoms with E-state index in [4.69, 9.17) is 14.2 Å². The molecular formula is C16H26N2O3. The molecule has 1 N–H and O–H groups in total. The molecule has 0 fully saturated rings. The maximum Gasteiger partial charge on any atom is 0.161 e. The van der Waals surface area contributed by atoms with E-state index in [0.717, 1.165) is 44.2 Å². The van der Waals surface area contributed by atoms with Gasteiger partial charge < -0.3 is 19.5 Å². The van der Waals surface area contributed by atoms with Crippen LogP contribution in [0.25, 0.3) is 0 Å². The van der Waals surface area contributed by atoms with Gasteiger partial charge in [-0.05, 0) is 36.7 Å². The van der Waals surface area contributed by atoms with Crippen LogP contribution in [0.5, 0.6) is 11.5 Å². The monoisotopic (exact) mass is 294 g/mol. The maximum atomic E-state index is 5.41. The van der Waals surface area contributed by atoms with Gasteiger partial charge >= 0.3 is 0 Å². The van der Waals surface area contributed by atoms with Crippen molar-refractivity contribution in [2.24, 2.45) is 0 Å². The highest BCUT2D eigenvalue weighted by atomic mass is 16.5. The summed E-state index contributed by atoms with van der Waals surface area (Å²) in [6.07, 6.45) is 1.03. The van der Waals surface area contributed by atoms with Gasteiger partial charge in [0.2, 0.25) is 0 Å². The minimum atomic E-state index is 0.390. The second kappa shape index (κ2) is 7.64. The van der Waals surface area contributed by atoms with Gasteiger partial charge in [-0.25, -0.2) is 0 Å². The second-order valence-corrected chi connectivity index (χ2v) is 5.36. The van der Waals surface area contributed by atoms with Gasteiger partial charge in [0, 0.05) is 32.8 Å². The second-order valence-electron chi connectivity index (χ2n) is 5.36. The van der Waals surface area contributed by atoms with Crippen LogP contribution in [0.4, 0.5) is 0 Å². The highest BCUT2D eigenvalue weighted by Gasteiger charge is 2.24. The average Bonchev–Trinajstić information content (AvgIpc) is 2.52. The van der Waals surface area contributed by atoms with Gasteiger partial charge in [-0.15, -0.1) is 0 Å². The van der Waals surface area contributed by atoms with Gasteiger partial charge in [-0.2, -0.15) is 0 Å². The molecule has 5 nitrogen and oxygen atoms in total. The summed E-state index contributed by atoms with van der Waals surface area (Å²) >= 11 is 0. The predicted octanol–water partition coefficient (Wildman–Crippen LogP) is 1.30. The Balaban J connectivity index is 2.18. The molecule has 1 unspecified atom stereocenters. The van der Waals surface area contributed by atoms with Crippen molar-refractivity contribution >= 4 is 0 Å². The summed E-state index contributed by atoms with van der Waals surface area (Å²) in [6, 6.07) is 4.60. The number of nitrogens with zero attached hydrogens (tertiary/aromatic N) is 1. The number of rotatable bonds is 7. The van der Waals surface area contributed by atoms with Gasteiger partial charge in [-0.3, -0.25) is 4.90 Å². The first-order valence-corrected chi connectivity index (χ1v) is 7.34. The molecule has 0 saturated carbocycles. The Morgan fingerprint density at radius 3 is 2.38 bits per heavy atom. The Bertz CT molecular complexity index is 459. The van der Waals surface area contributed by atoms with Crippen molar-refractivity contribution in [1.29, 1.82) is 0 Å². The van der Waals surface area contributed by atoms with Crippen molar-refractivity contribution < 1.29 is 14.2 Å². The molecule has 1 aliphatic rings. The van der Waals surface area contributed by atoms with E-state index < -0.39 is 0 Å². The molecule has 0 amide bonds. The molecule has 1 aliphatic heterocycles. The predicted molar refractivity (Wildman–Crippen MR) is 83.3 cm³/mol. The number of nitrogens with one attached hydrogen (secondary N) is 1. The Labute approximate surface area is 127 Å². The van der Waals surface area contributed by atoms with Crippen LogP contribution in [0.3, 0.4) is 0 Å². The summed E-state index contributed by atoms with van der Waals surface area (Å²) < 4.78 is 16.2. The van der Waals surface area contributed by atoms with E-state index in [-0.39, 0.29) is 0 Å². The fourth-order valence-electron chi connectivity index (χ4n) is 2.94. The van der Waals surface area contributed by atoms with Gasteiger partial charge in [0.05, 0.1) is 20.8 Å². The minimum absolute atomic E-state index is 0.390. The zero-order valence-electron chi connectivity index (χ0n) is 13.4. The van der Waals surface area contributed by atoms with Crippen molar-refractivity contribution in [2.75, 3.05) is 48.1 Å². The van der Waals surface area contributed by atoms with Gasteiger partial charge in [0.1, 0.15) is 0 Å². The number of benzene rings is 1. The van der Waals surface area contributed by atoms with Crippen LogP contribution in [0, 0.1) is 0 Å². The van der Waals surface area contributed by atoms with Gasteiger partial charge in [0.15, 0.2) is 11.5 Å². The van der Waals surface area contributed by atoms with Crippen LogP contribution >= 0.6 is 0 Å². The van der Waals surface area contributed by atoms with Crippen molar-refractivity contribution in [3.05, 3.63) is 23.3 Å². The third-order valence-electron chi connectivity index (χ3n) is 4.06. The third-order valence-corrected chi connectivity index (χ3v) is 4.06. The molecule has 0 aromatic heterocycles. The lowest BCUT2D eigenvalue weighted by atomic mass is 9.97. The number of ether oxygens (including phenoxy) is 3. The first-order chi connectivity index (χ1) is 10.2. The number of methoxy groups -OCH3 is 3. The van der Waals surface area contributed by atoms with Crippen LogP contribution in [-0.4, -0.2) is 59.0 Å². The van der Waals surface area contributed by atoms with E-state index in [9.17, 15) is 0 Å². The summed E-state index contributed by atoms with van der Waals surface area (Å²) in [5, 5.41) is 3.25. The van der Waals surface area contributed by atoms with E-state index in [1.54, 1.807) is 21.3 Å². The fourth-order valence-corrected chi connectivity index (χ4v) is 2.94. The van der Waals surface area contributed by atoms with Crippen LogP contribution in [-0.2, 0) is 17.7 Å². The molecule has 0 bridgehead atoms. The Morgan fingerprint density at radius 1 is 1.14 bits per heavy atom. The molecule has 2 rings (SSSR count). The Hall–Kier alpha value is -1.30. The largest absolute Gasteiger partial charge is 0.493 e. The topological polar surface area (TPSA) is 43.0 Å². The maximum absolute atomic E-state index is 5.41. The van der Waals surface area contributed by atoms with Crippen LogP contribution in [0.15, 0.2) is 12.1 Å². The molecule has 0 radical (unpaired) electrons. The smallest absolute Gasteiger partial charge is 0.161 e. The van der Waals surface area contributed by atoms with Crippen molar-refractivity contribution in [2.45, 2.75) is 19.0 Å². The van der Waals surface area contributed by atoms with Gasteiger partial charge in [-0.1, -0.05) is 0 Å². The highest BCUT2D eigenvalue weighted by Crippen LogP contribution is 2.33. The highest BCUT2D eigenvalue weighted by molar-refractivity contribution is 5.48. The van der Waals surface area contributed by atoms with Crippen LogP contribution in [0.2, 0.25) is 0 Å². The lowest BCUT2D eigenvalue weighted by Crippen LogP contribution is -2.46. The van der Waals surface area contributed by atoms with E-state index in [2.05, 4.69) is 22.3 Å². The van der Waals surface area contributed by atoms with Crippen molar-refractivity contribution in [3.8, 4) is 11.5 Å². The SMILES string of the molecule is CNCC(COC)N1CCc2cc(OC)c(OC)cc2C1. The Morgan fingerprint density at radius 2 is 1.81 bits per heavy atom. The van der Waals surface area contributed by atoms with Crippen molar-refractivity contribution in [1.82, 2.24) is 10.2 Å². The standard InChI is InChI=1S/C16H26N2O3/c1-17-9-14(11-19-2)18-6-5-12-7-15(20-3)16(21-4)8-13(12)10-18/h7-8,14,17H,5-6,9-11H2,1-4H3. The van der Waals surface area contributed by atoms with E-state index in [1.165, 1.54) is 11.1 Å². The third kappa shape index (κ3) is 3.67. The normalized spacial score (nSPS) is 16.4.